The Morgan fingerprint density at radius 2 is 1.85 bits per heavy atom. The summed E-state index contributed by atoms with van der Waals surface area (Å²) in [5.41, 5.74) is 3.74. The lowest BCUT2D eigenvalue weighted by atomic mass is 10.1. The molecule has 4 nitrogen and oxygen atoms in total. The summed E-state index contributed by atoms with van der Waals surface area (Å²) < 4.78 is 28.7. The summed E-state index contributed by atoms with van der Waals surface area (Å²) in [6.45, 7) is 1.03. The minimum absolute atomic E-state index is 0.0559. The van der Waals surface area contributed by atoms with Crippen LogP contribution in [0.1, 0.15) is 16.7 Å². The van der Waals surface area contributed by atoms with Gasteiger partial charge in [0.05, 0.1) is 5.69 Å². The van der Waals surface area contributed by atoms with Crippen LogP contribution in [0.25, 0.3) is 6.08 Å². The van der Waals surface area contributed by atoms with Gasteiger partial charge in [0, 0.05) is 0 Å². The van der Waals surface area contributed by atoms with Gasteiger partial charge in [-0.3, -0.25) is 9.69 Å². The lowest BCUT2D eigenvalue weighted by Crippen LogP contribution is -2.31. The van der Waals surface area contributed by atoms with Crippen molar-refractivity contribution in [1.29, 1.82) is 0 Å². The van der Waals surface area contributed by atoms with Crippen LogP contribution in [0.2, 0.25) is 0 Å². The molecule has 1 aliphatic heterocycles. The summed E-state index contributed by atoms with van der Waals surface area (Å²) in [5.74, 6) is -0.211. The van der Waals surface area contributed by atoms with Crippen molar-refractivity contribution in [2.75, 3.05) is 4.90 Å². The predicted octanol–water partition coefficient (Wildman–Crippen LogP) is 4.17. The number of thiocarbonyl (C=S) groups is 1. The molecule has 1 saturated heterocycles. The molecule has 0 aliphatic carbocycles. The third-order valence-corrected chi connectivity index (χ3v) is 4.40. The van der Waals surface area contributed by atoms with Crippen molar-refractivity contribution in [3.8, 4) is 5.75 Å². The van der Waals surface area contributed by atoms with E-state index in [4.69, 9.17) is 12.2 Å². The van der Waals surface area contributed by atoms with E-state index in [0.29, 0.717) is 16.4 Å². The molecule has 1 aliphatic rings. The molecule has 0 saturated carbocycles. The first-order valence-electron chi connectivity index (χ1n) is 7.85. The summed E-state index contributed by atoms with van der Waals surface area (Å²) >= 11 is 5.31. The average Bonchev–Trinajstić information content (AvgIpc) is 2.86. The number of alkyl halides is 2. The number of ether oxygens (including phenoxy) is 1. The Morgan fingerprint density at radius 1 is 1.15 bits per heavy atom. The van der Waals surface area contributed by atoms with Gasteiger partial charge in [-0.25, -0.2) is 0 Å². The predicted molar refractivity (Wildman–Crippen MR) is 100 cm³/mol. The minimum Gasteiger partial charge on any atom is -0.435 e. The molecule has 1 heterocycles. The van der Waals surface area contributed by atoms with Gasteiger partial charge < -0.3 is 10.1 Å². The molecule has 3 rings (SSSR count). The zero-order valence-electron chi connectivity index (χ0n) is 14.1. The summed E-state index contributed by atoms with van der Waals surface area (Å²) in [6, 6.07) is 11.7. The van der Waals surface area contributed by atoms with E-state index >= 15 is 0 Å². The van der Waals surface area contributed by atoms with Crippen LogP contribution >= 0.6 is 12.2 Å². The van der Waals surface area contributed by atoms with E-state index in [1.807, 2.05) is 32.0 Å². The molecular weight excluding hydrogens is 358 g/mol. The van der Waals surface area contributed by atoms with Crippen molar-refractivity contribution in [1.82, 2.24) is 5.32 Å². The van der Waals surface area contributed by atoms with Gasteiger partial charge >= 0.3 is 6.61 Å². The number of halogens is 2. The highest BCUT2D eigenvalue weighted by Crippen LogP contribution is 2.27. The lowest BCUT2D eigenvalue weighted by Gasteiger charge is -2.17. The Bertz CT molecular complexity index is 895. The number of benzene rings is 2. The van der Waals surface area contributed by atoms with Crippen LogP contribution in [0.15, 0.2) is 48.2 Å². The molecular formula is C19H16F2N2O2S. The van der Waals surface area contributed by atoms with Crippen molar-refractivity contribution < 1.29 is 18.3 Å². The number of anilines is 1. The smallest absolute Gasteiger partial charge is 0.387 e. The van der Waals surface area contributed by atoms with Crippen LogP contribution in [0, 0.1) is 13.8 Å². The molecule has 0 bridgehead atoms. The number of rotatable bonds is 4. The first-order valence-corrected chi connectivity index (χ1v) is 8.26. The fraction of sp³-hybridized carbons (Fsp3) is 0.158. The van der Waals surface area contributed by atoms with E-state index in [9.17, 15) is 13.6 Å². The van der Waals surface area contributed by atoms with Gasteiger partial charge in [0.2, 0.25) is 0 Å². The molecule has 1 N–H and O–H groups in total. The minimum atomic E-state index is -2.87. The molecule has 26 heavy (non-hydrogen) atoms. The Morgan fingerprint density at radius 3 is 2.50 bits per heavy atom. The first kappa shape index (κ1) is 18.0. The number of aryl methyl sites for hydroxylation is 1. The van der Waals surface area contributed by atoms with Gasteiger partial charge in [-0.1, -0.05) is 24.3 Å². The molecule has 0 atom stereocenters. The Labute approximate surface area is 155 Å². The fourth-order valence-electron chi connectivity index (χ4n) is 2.64. The molecule has 0 radical (unpaired) electrons. The highest BCUT2D eigenvalue weighted by Gasteiger charge is 2.32. The van der Waals surface area contributed by atoms with E-state index in [-0.39, 0.29) is 11.7 Å². The molecule has 1 amide bonds. The van der Waals surface area contributed by atoms with Gasteiger partial charge in [-0.05, 0) is 67.0 Å². The maximum atomic E-state index is 12.8. The number of hydrogen-bond donors (Lipinski definition) is 1. The van der Waals surface area contributed by atoms with E-state index in [1.165, 1.54) is 17.0 Å². The molecule has 1 fully saturated rings. The zero-order chi connectivity index (χ0) is 18.8. The second-order valence-corrected chi connectivity index (χ2v) is 6.18. The third kappa shape index (κ3) is 3.57. The van der Waals surface area contributed by atoms with Crippen molar-refractivity contribution in [3.05, 3.63) is 64.9 Å². The van der Waals surface area contributed by atoms with Gasteiger partial charge in [0.1, 0.15) is 11.4 Å². The molecule has 0 aromatic heterocycles. The highest BCUT2D eigenvalue weighted by atomic mass is 32.1. The second-order valence-electron chi connectivity index (χ2n) is 5.80. The second kappa shape index (κ2) is 7.21. The third-order valence-electron chi connectivity index (χ3n) is 4.11. The lowest BCUT2D eigenvalue weighted by molar-refractivity contribution is -0.113. The van der Waals surface area contributed by atoms with Gasteiger partial charge in [0.25, 0.3) is 5.91 Å². The Kier molecular flexibility index (Phi) is 4.99. The highest BCUT2D eigenvalue weighted by molar-refractivity contribution is 7.80. The van der Waals surface area contributed by atoms with E-state index in [1.54, 1.807) is 18.2 Å². The van der Waals surface area contributed by atoms with Crippen LogP contribution < -0.4 is 15.0 Å². The van der Waals surface area contributed by atoms with Crippen LogP contribution in [0.4, 0.5) is 14.5 Å². The standard InChI is InChI=1S/C19H16F2N2O2S/c1-11-4-3-5-16(12(11)2)23-17(24)15(22-19(23)26)10-13-6-8-14(9-7-13)25-18(20)21/h3-10,18H,1-2H3,(H,22,26)/b15-10+. The fourth-order valence-corrected chi connectivity index (χ4v) is 2.94. The quantitative estimate of drug-likeness (QED) is 0.644. The number of hydrogen-bond acceptors (Lipinski definition) is 3. The normalized spacial score (nSPS) is 15.7. The number of carbonyl (C=O) groups is 1. The molecule has 0 spiro atoms. The number of nitrogens with zero attached hydrogens (tertiary/aromatic N) is 1. The summed E-state index contributed by atoms with van der Waals surface area (Å²) in [4.78, 5) is 14.2. The number of amides is 1. The summed E-state index contributed by atoms with van der Waals surface area (Å²) in [7, 11) is 0. The van der Waals surface area contributed by atoms with E-state index in [2.05, 4.69) is 10.1 Å². The molecule has 2 aromatic carbocycles. The Balaban J connectivity index is 1.86. The van der Waals surface area contributed by atoms with Gasteiger partial charge in [-0.2, -0.15) is 8.78 Å². The number of carbonyl (C=O) groups excluding carboxylic acids is 1. The van der Waals surface area contributed by atoms with Crippen LogP contribution in [0.3, 0.4) is 0 Å². The summed E-state index contributed by atoms with van der Waals surface area (Å²) in [5, 5.41) is 3.21. The topological polar surface area (TPSA) is 41.6 Å². The van der Waals surface area contributed by atoms with E-state index < -0.39 is 6.61 Å². The molecule has 0 unspecified atom stereocenters. The first-order chi connectivity index (χ1) is 12.4. The number of nitrogens with one attached hydrogen (secondary N) is 1. The van der Waals surface area contributed by atoms with Crippen LogP contribution in [-0.4, -0.2) is 17.6 Å². The zero-order valence-corrected chi connectivity index (χ0v) is 14.9. The molecule has 7 heteroatoms. The SMILES string of the molecule is Cc1cccc(N2C(=O)/C(=C\c3ccc(OC(F)F)cc3)NC2=S)c1C. The largest absolute Gasteiger partial charge is 0.435 e. The van der Waals surface area contributed by atoms with Gasteiger partial charge in [-0.15, -0.1) is 0 Å². The van der Waals surface area contributed by atoms with E-state index in [0.717, 1.165) is 16.8 Å². The van der Waals surface area contributed by atoms with Crippen LogP contribution in [0.5, 0.6) is 5.75 Å². The monoisotopic (exact) mass is 374 g/mol. The average molecular weight is 374 g/mol. The van der Waals surface area contributed by atoms with Crippen molar-refractivity contribution in [2.45, 2.75) is 20.5 Å². The maximum Gasteiger partial charge on any atom is 0.387 e. The molecule has 134 valence electrons. The Hall–Kier alpha value is -2.80. The molecule has 2 aromatic rings. The maximum absolute atomic E-state index is 12.8. The van der Waals surface area contributed by atoms with Crippen LogP contribution in [-0.2, 0) is 4.79 Å². The van der Waals surface area contributed by atoms with Crippen molar-refractivity contribution in [3.63, 3.8) is 0 Å². The van der Waals surface area contributed by atoms with Crippen molar-refractivity contribution in [2.24, 2.45) is 0 Å². The van der Waals surface area contributed by atoms with Gasteiger partial charge in [0.15, 0.2) is 5.11 Å². The summed E-state index contributed by atoms with van der Waals surface area (Å²) in [6.07, 6.45) is 1.62. The van der Waals surface area contributed by atoms with Crippen molar-refractivity contribution >= 4 is 35.0 Å².